The first-order valence-electron chi connectivity index (χ1n) is 11.3. The Morgan fingerprint density at radius 3 is 2.53 bits per heavy atom. The van der Waals surface area contributed by atoms with Crippen molar-refractivity contribution in [3.8, 4) is 11.4 Å². The highest BCUT2D eigenvalue weighted by molar-refractivity contribution is 6.06. The number of hydrogen-bond acceptors (Lipinski definition) is 4. The molecule has 192 valence electrons. The molecule has 2 aromatic carbocycles. The minimum atomic E-state index is -3.27. The van der Waals surface area contributed by atoms with Crippen LogP contribution in [0.25, 0.3) is 5.69 Å². The SMILES string of the molecule is CCn1c(C2CC2)nn(-c2cc(O[C@@H](CF)C(F)F)c(C(=O)Nc3c(C)cccc3F)cc2F)c1=O. The highest BCUT2D eigenvalue weighted by atomic mass is 19.3. The molecular weight excluding hydrogens is 487 g/mol. The van der Waals surface area contributed by atoms with Crippen molar-refractivity contribution in [1.29, 1.82) is 0 Å². The van der Waals surface area contributed by atoms with Crippen LogP contribution in [0.3, 0.4) is 0 Å². The number of carbonyl (C=O) groups is 1. The van der Waals surface area contributed by atoms with E-state index in [0.29, 0.717) is 17.5 Å². The quantitative estimate of drug-likeness (QED) is 0.422. The minimum absolute atomic E-state index is 0.0430. The van der Waals surface area contributed by atoms with Crippen molar-refractivity contribution in [2.24, 2.45) is 0 Å². The standard InChI is InChI=1S/C24H23F5N4O3/c1-3-32-22(13-7-8-13)31-33(24(32)35)17-10-18(36-19(11-25)21(28)29)14(9-16(17)27)23(34)30-20-12(2)5-4-6-15(20)26/h4-6,9-10,13,19,21H,3,7-8,11H2,1-2H3,(H,30,34)/t19-/m0/s1. The van der Waals surface area contributed by atoms with E-state index in [-0.39, 0.29) is 18.2 Å². The average molecular weight is 510 g/mol. The molecule has 1 amide bonds. The van der Waals surface area contributed by atoms with Crippen LogP contribution < -0.4 is 15.7 Å². The van der Waals surface area contributed by atoms with Crippen molar-refractivity contribution >= 4 is 11.6 Å². The van der Waals surface area contributed by atoms with Crippen LogP contribution in [0.4, 0.5) is 27.6 Å². The Bertz CT molecular complexity index is 1330. The molecule has 0 saturated heterocycles. The number of ether oxygens (including phenoxy) is 1. The number of para-hydroxylation sites is 1. The van der Waals surface area contributed by atoms with Crippen molar-refractivity contribution in [3.05, 3.63) is 69.4 Å². The van der Waals surface area contributed by atoms with Crippen molar-refractivity contribution in [1.82, 2.24) is 14.3 Å². The molecular formula is C24H23F5N4O3. The van der Waals surface area contributed by atoms with Gasteiger partial charge in [0, 0.05) is 18.5 Å². The van der Waals surface area contributed by atoms with E-state index in [0.717, 1.165) is 29.7 Å². The molecule has 4 rings (SSSR count). The molecule has 0 spiro atoms. The number of rotatable bonds is 9. The fourth-order valence-electron chi connectivity index (χ4n) is 3.77. The van der Waals surface area contributed by atoms with Crippen LogP contribution >= 0.6 is 0 Å². The van der Waals surface area contributed by atoms with Gasteiger partial charge in [0.25, 0.3) is 12.3 Å². The van der Waals surface area contributed by atoms with Gasteiger partial charge in [0.1, 0.15) is 35.6 Å². The Hall–Kier alpha value is -3.70. The number of benzene rings is 2. The molecule has 36 heavy (non-hydrogen) atoms. The second kappa shape index (κ2) is 10.1. The number of aromatic nitrogens is 3. The summed E-state index contributed by atoms with van der Waals surface area (Å²) < 4.78 is 76.5. The number of anilines is 1. The second-order valence-electron chi connectivity index (χ2n) is 8.40. The third kappa shape index (κ3) is 4.84. The van der Waals surface area contributed by atoms with Gasteiger partial charge in [-0.1, -0.05) is 12.1 Å². The first kappa shape index (κ1) is 25.4. The summed E-state index contributed by atoms with van der Waals surface area (Å²) in [7, 11) is 0. The molecule has 12 heteroatoms. The molecule has 1 aliphatic carbocycles. The molecule has 1 heterocycles. The summed E-state index contributed by atoms with van der Waals surface area (Å²) >= 11 is 0. The van der Waals surface area contributed by atoms with Crippen LogP contribution in [0, 0.1) is 18.6 Å². The Balaban J connectivity index is 1.82. The van der Waals surface area contributed by atoms with Gasteiger partial charge < -0.3 is 10.1 Å². The van der Waals surface area contributed by atoms with E-state index in [1.807, 2.05) is 0 Å². The summed E-state index contributed by atoms with van der Waals surface area (Å²) in [6, 6.07) is 5.53. The van der Waals surface area contributed by atoms with Crippen LogP contribution in [-0.2, 0) is 6.54 Å². The summed E-state index contributed by atoms with van der Waals surface area (Å²) in [4.78, 5) is 25.8. The maximum Gasteiger partial charge on any atom is 0.350 e. The normalized spacial score (nSPS) is 14.2. The summed E-state index contributed by atoms with van der Waals surface area (Å²) in [5.74, 6) is -3.07. The molecule has 3 aromatic rings. The molecule has 1 fully saturated rings. The molecule has 1 N–H and O–H groups in total. The summed E-state index contributed by atoms with van der Waals surface area (Å²) in [6.07, 6.45) is -3.91. The van der Waals surface area contributed by atoms with Gasteiger partial charge in [-0.3, -0.25) is 9.36 Å². The average Bonchev–Trinajstić information content (AvgIpc) is 3.63. The maximum absolute atomic E-state index is 15.3. The van der Waals surface area contributed by atoms with Crippen LogP contribution in [0.2, 0.25) is 0 Å². The Morgan fingerprint density at radius 2 is 1.94 bits per heavy atom. The lowest BCUT2D eigenvalue weighted by molar-refractivity contribution is -0.00158. The number of nitrogens with zero attached hydrogens (tertiary/aromatic N) is 3. The first-order valence-corrected chi connectivity index (χ1v) is 11.3. The number of alkyl halides is 3. The van der Waals surface area contributed by atoms with Crippen LogP contribution in [0.1, 0.15) is 47.4 Å². The number of hydrogen-bond donors (Lipinski definition) is 1. The Morgan fingerprint density at radius 1 is 1.22 bits per heavy atom. The molecule has 0 bridgehead atoms. The van der Waals surface area contributed by atoms with Gasteiger partial charge in [-0.2, -0.15) is 4.68 Å². The zero-order valence-corrected chi connectivity index (χ0v) is 19.4. The third-order valence-electron chi connectivity index (χ3n) is 5.84. The predicted octanol–water partition coefficient (Wildman–Crippen LogP) is 4.75. The first-order chi connectivity index (χ1) is 17.2. The summed E-state index contributed by atoms with van der Waals surface area (Å²) in [5.41, 5.74) is -1.58. The van der Waals surface area contributed by atoms with Gasteiger partial charge in [-0.15, -0.1) is 5.10 Å². The Labute approximate surface area is 202 Å². The largest absolute Gasteiger partial charge is 0.481 e. The fourth-order valence-corrected chi connectivity index (χ4v) is 3.77. The highest BCUT2D eigenvalue weighted by Crippen LogP contribution is 2.39. The minimum Gasteiger partial charge on any atom is -0.481 e. The summed E-state index contributed by atoms with van der Waals surface area (Å²) in [5, 5.41) is 6.48. The fraction of sp³-hybridized carbons (Fsp3) is 0.375. The molecule has 0 unspecified atom stereocenters. The van der Waals surface area contributed by atoms with Gasteiger partial charge in [-0.05, 0) is 44.4 Å². The molecule has 0 aliphatic heterocycles. The van der Waals surface area contributed by atoms with Gasteiger partial charge in [0.2, 0.25) is 0 Å². The van der Waals surface area contributed by atoms with Crippen LogP contribution in [0.5, 0.6) is 5.75 Å². The van der Waals surface area contributed by atoms with E-state index >= 15 is 4.39 Å². The van der Waals surface area contributed by atoms with Crippen molar-refractivity contribution in [2.75, 3.05) is 12.0 Å². The zero-order valence-electron chi connectivity index (χ0n) is 19.4. The van der Waals surface area contributed by atoms with E-state index in [1.165, 1.54) is 23.6 Å². The predicted molar refractivity (Wildman–Crippen MR) is 121 cm³/mol. The molecule has 1 saturated carbocycles. The van der Waals surface area contributed by atoms with Crippen LogP contribution in [-0.4, -0.2) is 39.5 Å². The third-order valence-corrected chi connectivity index (χ3v) is 5.84. The lowest BCUT2D eigenvalue weighted by Crippen LogP contribution is -2.29. The van der Waals surface area contributed by atoms with E-state index < -0.39 is 59.4 Å². The topological polar surface area (TPSA) is 78.2 Å². The second-order valence-corrected chi connectivity index (χ2v) is 8.40. The van der Waals surface area contributed by atoms with Crippen molar-refractivity contribution in [2.45, 2.75) is 51.7 Å². The summed E-state index contributed by atoms with van der Waals surface area (Å²) in [6.45, 7) is 1.90. The van der Waals surface area contributed by atoms with Gasteiger partial charge in [0.05, 0.1) is 11.3 Å². The lowest BCUT2D eigenvalue weighted by Gasteiger charge is -2.19. The van der Waals surface area contributed by atoms with Gasteiger partial charge >= 0.3 is 5.69 Å². The molecule has 1 atom stereocenters. The number of amides is 1. The van der Waals surface area contributed by atoms with Crippen LogP contribution in [0.15, 0.2) is 35.1 Å². The number of aryl methyl sites for hydroxylation is 1. The van der Waals surface area contributed by atoms with E-state index in [4.69, 9.17) is 4.74 Å². The zero-order chi connectivity index (χ0) is 26.1. The molecule has 0 radical (unpaired) electrons. The number of carbonyl (C=O) groups excluding carboxylic acids is 1. The smallest absolute Gasteiger partial charge is 0.350 e. The van der Waals surface area contributed by atoms with E-state index in [1.54, 1.807) is 6.92 Å². The van der Waals surface area contributed by atoms with Crippen molar-refractivity contribution in [3.63, 3.8) is 0 Å². The molecule has 1 aromatic heterocycles. The van der Waals surface area contributed by atoms with E-state index in [2.05, 4.69) is 10.4 Å². The molecule has 1 aliphatic rings. The van der Waals surface area contributed by atoms with Gasteiger partial charge in [-0.25, -0.2) is 26.7 Å². The van der Waals surface area contributed by atoms with Gasteiger partial charge in [0.15, 0.2) is 6.10 Å². The monoisotopic (exact) mass is 510 g/mol. The number of halogens is 5. The van der Waals surface area contributed by atoms with Crippen molar-refractivity contribution < 1.29 is 31.5 Å². The van der Waals surface area contributed by atoms with E-state index in [9.17, 15) is 27.2 Å². The maximum atomic E-state index is 15.3. The lowest BCUT2D eigenvalue weighted by atomic mass is 10.1. The molecule has 7 nitrogen and oxygen atoms in total. The Kier molecular flexibility index (Phi) is 7.14. The highest BCUT2D eigenvalue weighted by Gasteiger charge is 2.32. The number of nitrogens with one attached hydrogen (secondary N) is 1.